The molecule has 2 aromatic heterocycles. The fraction of sp³-hybridized carbons (Fsp3) is 0.400. The summed E-state index contributed by atoms with van der Waals surface area (Å²) < 4.78 is 1.85. The third-order valence-corrected chi connectivity index (χ3v) is 5.42. The summed E-state index contributed by atoms with van der Waals surface area (Å²) in [6.45, 7) is 6.40. The van der Waals surface area contributed by atoms with E-state index in [0.29, 0.717) is 6.54 Å². The van der Waals surface area contributed by atoms with Crippen LogP contribution in [0.2, 0.25) is 0 Å². The van der Waals surface area contributed by atoms with Crippen molar-refractivity contribution in [3.05, 3.63) is 53.5 Å². The number of nitrogens with one attached hydrogen (secondary N) is 1. The molecule has 1 aliphatic heterocycles. The largest absolute Gasteiger partial charge is 0.390 e. The summed E-state index contributed by atoms with van der Waals surface area (Å²) in [5.41, 5.74) is 11.5. The molecule has 3 heterocycles. The number of likely N-dealkylation sites (tertiary alicyclic amines) is 1. The minimum absolute atomic E-state index is 0.127. The van der Waals surface area contributed by atoms with Gasteiger partial charge in [-0.25, -0.2) is 9.50 Å². The first-order valence-corrected chi connectivity index (χ1v) is 9.33. The molecule has 0 unspecified atom stereocenters. The van der Waals surface area contributed by atoms with Gasteiger partial charge in [-0.05, 0) is 55.2 Å². The topological polar surface area (TPSA) is 91.7 Å². The highest BCUT2D eigenvalue weighted by molar-refractivity contribution is 5.76. The van der Waals surface area contributed by atoms with E-state index < -0.39 is 6.10 Å². The molecule has 0 bridgehead atoms. The standard InChI is InChI=1S/C20H26N6O/c1-13-3-4-16(9-14(13)2)24-20-19-15(5-8-26(19)23-12-22-20)10-25-7-6-17(21)18(27)11-25/h3-5,8-9,12,17-18,27H,6-7,10-11,21H2,1-2H3,(H,22,23,24)/t17-,18-/m1/s1. The Bertz CT molecular complexity index is 953. The summed E-state index contributed by atoms with van der Waals surface area (Å²) in [4.78, 5) is 6.71. The van der Waals surface area contributed by atoms with E-state index in [0.717, 1.165) is 42.1 Å². The monoisotopic (exact) mass is 366 g/mol. The molecule has 27 heavy (non-hydrogen) atoms. The van der Waals surface area contributed by atoms with Gasteiger partial charge in [-0.3, -0.25) is 4.90 Å². The highest BCUT2D eigenvalue weighted by Crippen LogP contribution is 2.25. The third-order valence-electron chi connectivity index (χ3n) is 5.42. The van der Waals surface area contributed by atoms with Crippen LogP contribution in [-0.2, 0) is 6.54 Å². The Morgan fingerprint density at radius 1 is 1.26 bits per heavy atom. The summed E-state index contributed by atoms with van der Waals surface area (Å²) in [7, 11) is 0. The number of nitrogens with two attached hydrogens (primary N) is 1. The molecule has 0 spiro atoms. The van der Waals surface area contributed by atoms with Crippen molar-refractivity contribution < 1.29 is 5.11 Å². The van der Waals surface area contributed by atoms with Gasteiger partial charge in [-0.2, -0.15) is 5.10 Å². The van der Waals surface area contributed by atoms with Gasteiger partial charge in [0, 0.05) is 37.6 Å². The Morgan fingerprint density at radius 3 is 2.89 bits per heavy atom. The molecule has 0 aliphatic carbocycles. The number of nitrogens with zero attached hydrogens (tertiary/aromatic N) is 4. The van der Waals surface area contributed by atoms with Crippen LogP contribution < -0.4 is 11.1 Å². The van der Waals surface area contributed by atoms with Crippen molar-refractivity contribution >= 4 is 17.0 Å². The molecule has 2 atom stereocenters. The zero-order chi connectivity index (χ0) is 19.0. The maximum atomic E-state index is 10.1. The molecule has 0 amide bonds. The second-order valence-corrected chi connectivity index (χ2v) is 7.42. The van der Waals surface area contributed by atoms with Crippen molar-refractivity contribution in [1.82, 2.24) is 19.5 Å². The number of aromatic nitrogens is 3. The minimum Gasteiger partial charge on any atom is -0.390 e. The molecule has 0 radical (unpaired) electrons. The van der Waals surface area contributed by atoms with E-state index in [9.17, 15) is 5.11 Å². The summed E-state index contributed by atoms with van der Waals surface area (Å²) in [5, 5.41) is 17.8. The van der Waals surface area contributed by atoms with Crippen LogP contribution in [0.25, 0.3) is 5.52 Å². The molecule has 7 nitrogen and oxygen atoms in total. The average molecular weight is 366 g/mol. The zero-order valence-corrected chi connectivity index (χ0v) is 15.8. The molecular formula is C20H26N6O. The van der Waals surface area contributed by atoms with Crippen LogP contribution in [0.15, 0.2) is 36.8 Å². The van der Waals surface area contributed by atoms with E-state index in [1.54, 1.807) is 6.33 Å². The fourth-order valence-corrected chi connectivity index (χ4v) is 3.59. The number of aryl methyl sites for hydroxylation is 2. The number of hydrogen-bond donors (Lipinski definition) is 3. The van der Waals surface area contributed by atoms with E-state index in [-0.39, 0.29) is 6.04 Å². The lowest BCUT2D eigenvalue weighted by Gasteiger charge is -2.33. The van der Waals surface area contributed by atoms with Gasteiger partial charge in [-0.1, -0.05) is 6.07 Å². The van der Waals surface area contributed by atoms with Crippen LogP contribution in [0.5, 0.6) is 0 Å². The molecular weight excluding hydrogens is 340 g/mol. The number of aliphatic hydroxyl groups is 1. The first-order chi connectivity index (χ1) is 13.0. The van der Waals surface area contributed by atoms with Gasteiger partial charge in [0.05, 0.1) is 6.10 Å². The smallest absolute Gasteiger partial charge is 0.158 e. The predicted molar refractivity (Wildman–Crippen MR) is 106 cm³/mol. The molecule has 1 fully saturated rings. The highest BCUT2D eigenvalue weighted by Gasteiger charge is 2.25. The molecule has 142 valence electrons. The average Bonchev–Trinajstić information content (AvgIpc) is 3.05. The van der Waals surface area contributed by atoms with Gasteiger partial charge in [0.15, 0.2) is 5.82 Å². The van der Waals surface area contributed by atoms with Crippen LogP contribution >= 0.6 is 0 Å². The molecule has 4 N–H and O–H groups in total. The fourth-order valence-electron chi connectivity index (χ4n) is 3.59. The molecule has 1 aliphatic rings. The first kappa shape index (κ1) is 17.9. The summed E-state index contributed by atoms with van der Waals surface area (Å²) in [6, 6.07) is 8.23. The molecule has 1 aromatic carbocycles. The molecule has 4 rings (SSSR count). The minimum atomic E-state index is -0.475. The number of hydrogen-bond acceptors (Lipinski definition) is 6. The van der Waals surface area contributed by atoms with Crippen LogP contribution in [0, 0.1) is 13.8 Å². The van der Waals surface area contributed by atoms with Crippen molar-refractivity contribution in [3.63, 3.8) is 0 Å². The number of piperidine rings is 1. The molecule has 1 saturated heterocycles. The summed E-state index contributed by atoms with van der Waals surface area (Å²) >= 11 is 0. The Labute approximate surface area is 158 Å². The van der Waals surface area contributed by atoms with Gasteiger partial charge in [0.2, 0.25) is 0 Å². The third kappa shape index (κ3) is 3.66. The quantitative estimate of drug-likeness (QED) is 0.654. The first-order valence-electron chi connectivity index (χ1n) is 9.33. The normalized spacial score (nSPS) is 20.9. The van der Waals surface area contributed by atoms with Gasteiger partial charge in [0.1, 0.15) is 11.8 Å². The molecule has 3 aromatic rings. The van der Waals surface area contributed by atoms with Gasteiger partial charge >= 0.3 is 0 Å². The number of fused-ring (bicyclic) bond motifs is 1. The van der Waals surface area contributed by atoms with Crippen LogP contribution in [-0.4, -0.2) is 49.8 Å². The van der Waals surface area contributed by atoms with Crippen molar-refractivity contribution in [3.8, 4) is 0 Å². The second-order valence-electron chi connectivity index (χ2n) is 7.42. The molecule has 0 saturated carbocycles. The van der Waals surface area contributed by atoms with Gasteiger partial charge in [-0.15, -0.1) is 0 Å². The number of aliphatic hydroxyl groups excluding tert-OH is 1. The Kier molecular flexibility index (Phi) is 4.82. The number of anilines is 2. The van der Waals surface area contributed by atoms with E-state index in [2.05, 4.69) is 58.4 Å². The van der Waals surface area contributed by atoms with E-state index in [4.69, 9.17) is 5.73 Å². The number of benzene rings is 1. The maximum absolute atomic E-state index is 10.1. The lowest BCUT2D eigenvalue weighted by molar-refractivity contribution is 0.0501. The summed E-state index contributed by atoms with van der Waals surface area (Å²) in [6.07, 6.45) is 3.84. The van der Waals surface area contributed by atoms with Crippen molar-refractivity contribution in [2.45, 2.75) is 39.0 Å². The second kappa shape index (κ2) is 7.26. The zero-order valence-electron chi connectivity index (χ0n) is 15.8. The van der Waals surface area contributed by atoms with Gasteiger partial charge in [0.25, 0.3) is 0 Å². The lowest BCUT2D eigenvalue weighted by Crippen LogP contribution is -2.50. The van der Waals surface area contributed by atoms with Crippen molar-refractivity contribution in [2.24, 2.45) is 5.73 Å². The van der Waals surface area contributed by atoms with E-state index in [1.165, 1.54) is 11.1 Å². The van der Waals surface area contributed by atoms with Gasteiger partial charge < -0.3 is 16.2 Å². The Morgan fingerprint density at radius 2 is 2.11 bits per heavy atom. The summed E-state index contributed by atoms with van der Waals surface area (Å²) in [5.74, 6) is 0.780. The van der Waals surface area contributed by atoms with Crippen LogP contribution in [0.1, 0.15) is 23.1 Å². The molecule has 7 heteroatoms. The predicted octanol–water partition coefficient (Wildman–Crippen LogP) is 1.98. The Balaban J connectivity index is 1.62. The number of β-amino-alcohol motifs (C(OH)–C–C–N with tert-alkyl or cyclic N) is 1. The lowest BCUT2D eigenvalue weighted by atomic mass is 10.0. The Hall–Kier alpha value is -2.48. The van der Waals surface area contributed by atoms with E-state index in [1.807, 2.05) is 10.7 Å². The van der Waals surface area contributed by atoms with Crippen LogP contribution in [0.4, 0.5) is 11.5 Å². The number of rotatable bonds is 4. The van der Waals surface area contributed by atoms with Crippen LogP contribution in [0.3, 0.4) is 0 Å². The van der Waals surface area contributed by atoms with E-state index >= 15 is 0 Å². The van der Waals surface area contributed by atoms with Crippen molar-refractivity contribution in [2.75, 3.05) is 18.4 Å². The maximum Gasteiger partial charge on any atom is 0.158 e. The SMILES string of the molecule is Cc1ccc(Nc2ncnn3ccc(CN4CC[C@@H](N)[C@H](O)C4)c23)cc1C. The van der Waals surface area contributed by atoms with Crippen molar-refractivity contribution in [1.29, 1.82) is 0 Å². The highest BCUT2D eigenvalue weighted by atomic mass is 16.3.